The second kappa shape index (κ2) is 8.44. The Morgan fingerprint density at radius 2 is 1.86 bits per heavy atom. The van der Waals surface area contributed by atoms with Crippen molar-refractivity contribution in [2.45, 2.75) is 26.5 Å². The van der Waals surface area contributed by atoms with Crippen LogP contribution in [0.1, 0.15) is 35.2 Å². The van der Waals surface area contributed by atoms with E-state index in [0.29, 0.717) is 42.0 Å². The highest BCUT2D eigenvalue weighted by Crippen LogP contribution is 2.17. The predicted molar refractivity (Wildman–Crippen MR) is 102 cm³/mol. The van der Waals surface area contributed by atoms with Crippen LogP contribution < -0.4 is 0 Å². The zero-order valence-corrected chi connectivity index (χ0v) is 16.2. The summed E-state index contributed by atoms with van der Waals surface area (Å²) in [6, 6.07) is 8.93. The van der Waals surface area contributed by atoms with Crippen molar-refractivity contribution in [2.24, 2.45) is 0 Å². The molecule has 4 rings (SSSR count). The summed E-state index contributed by atoms with van der Waals surface area (Å²) >= 11 is 0. The molecule has 0 unspecified atom stereocenters. The van der Waals surface area contributed by atoms with E-state index in [1.807, 2.05) is 17.0 Å². The summed E-state index contributed by atoms with van der Waals surface area (Å²) in [6.07, 6.45) is 0.876. The monoisotopic (exact) mass is 398 g/mol. The summed E-state index contributed by atoms with van der Waals surface area (Å²) in [4.78, 5) is 27.9. The van der Waals surface area contributed by atoms with Gasteiger partial charge >= 0.3 is 5.97 Å². The average molecular weight is 398 g/mol. The number of carbonyl (C=O) groups excluding carboxylic acids is 2. The lowest BCUT2D eigenvalue weighted by Crippen LogP contribution is -2.35. The Bertz CT molecular complexity index is 1010. The zero-order chi connectivity index (χ0) is 20.2. The van der Waals surface area contributed by atoms with Gasteiger partial charge in [-0.1, -0.05) is 0 Å². The molecule has 29 heavy (non-hydrogen) atoms. The molecule has 1 aliphatic rings. The molecule has 1 fully saturated rings. The third-order valence-electron chi connectivity index (χ3n) is 4.89. The third-order valence-corrected chi connectivity index (χ3v) is 4.89. The van der Waals surface area contributed by atoms with Gasteiger partial charge in [0.25, 0.3) is 5.91 Å². The fourth-order valence-electron chi connectivity index (χ4n) is 3.41. The number of aromatic nitrogens is 2. The van der Waals surface area contributed by atoms with Crippen molar-refractivity contribution in [2.75, 3.05) is 26.2 Å². The van der Waals surface area contributed by atoms with E-state index in [4.69, 9.17) is 13.8 Å². The lowest BCUT2D eigenvalue weighted by Gasteiger charge is -2.21. The molecule has 1 saturated heterocycles. The van der Waals surface area contributed by atoms with Gasteiger partial charge in [0.1, 0.15) is 29.2 Å². The first-order valence-electron chi connectivity index (χ1n) is 9.53. The molecule has 9 heteroatoms. The highest BCUT2D eigenvalue weighted by Gasteiger charge is 2.21. The molecule has 0 radical (unpaired) electrons. The molecule has 9 nitrogen and oxygen atoms in total. The number of furan rings is 1. The molecule has 2 aromatic heterocycles. The molecule has 0 bridgehead atoms. The van der Waals surface area contributed by atoms with E-state index in [1.54, 1.807) is 18.2 Å². The quantitative estimate of drug-likeness (QED) is 0.603. The molecule has 0 saturated carbocycles. The number of ether oxygens (including phenoxy) is 1. The summed E-state index contributed by atoms with van der Waals surface area (Å²) in [5.74, 6) is 1.09. The van der Waals surface area contributed by atoms with Gasteiger partial charge in [-0.15, -0.1) is 0 Å². The Labute approximate surface area is 167 Å². The summed E-state index contributed by atoms with van der Waals surface area (Å²) < 4.78 is 15.4. The largest absolute Gasteiger partial charge is 0.461 e. The topological polar surface area (TPSA) is 102 Å². The van der Waals surface area contributed by atoms with Crippen molar-refractivity contribution in [1.82, 2.24) is 20.1 Å². The second-order valence-corrected chi connectivity index (χ2v) is 7.04. The summed E-state index contributed by atoms with van der Waals surface area (Å²) in [7, 11) is 0. The third kappa shape index (κ3) is 4.62. The lowest BCUT2D eigenvalue weighted by atomic mass is 10.1. The van der Waals surface area contributed by atoms with E-state index in [-0.39, 0.29) is 18.5 Å². The molecule has 3 aromatic rings. The van der Waals surface area contributed by atoms with Crippen molar-refractivity contribution in [3.05, 3.63) is 47.4 Å². The van der Waals surface area contributed by atoms with Crippen LogP contribution in [-0.4, -0.2) is 58.2 Å². The number of benzene rings is 1. The van der Waals surface area contributed by atoms with Crippen LogP contribution in [0.5, 0.6) is 0 Å². The van der Waals surface area contributed by atoms with Gasteiger partial charge in [0.05, 0.1) is 6.54 Å². The van der Waals surface area contributed by atoms with Gasteiger partial charge in [-0.2, -0.15) is 0 Å². The van der Waals surface area contributed by atoms with Crippen molar-refractivity contribution in [1.29, 1.82) is 0 Å². The number of esters is 1. The van der Waals surface area contributed by atoms with Gasteiger partial charge in [0, 0.05) is 38.7 Å². The Balaban J connectivity index is 1.34. The van der Waals surface area contributed by atoms with E-state index in [1.165, 1.54) is 6.92 Å². The average Bonchev–Trinajstić information content (AvgIpc) is 3.30. The standard InChI is InChI=1S/C20H22N4O5/c1-14(25)27-13-17-5-4-16(28-17)12-23-7-2-8-24(10-9-23)20(26)15-3-6-18-19(11-15)22-29-21-18/h3-6,11H,2,7-10,12-13H2,1H3. The Kier molecular flexibility index (Phi) is 5.57. The van der Waals surface area contributed by atoms with Crippen LogP contribution in [0.15, 0.2) is 39.4 Å². The molecule has 0 spiro atoms. The number of fused-ring (bicyclic) bond motifs is 1. The molecule has 1 aliphatic heterocycles. The Hall–Kier alpha value is -3.20. The van der Waals surface area contributed by atoms with Crippen LogP contribution in [0.4, 0.5) is 0 Å². The maximum Gasteiger partial charge on any atom is 0.303 e. The van der Waals surface area contributed by atoms with Crippen LogP contribution in [0.3, 0.4) is 0 Å². The number of hydrogen-bond acceptors (Lipinski definition) is 8. The smallest absolute Gasteiger partial charge is 0.303 e. The fourth-order valence-corrected chi connectivity index (χ4v) is 3.41. The van der Waals surface area contributed by atoms with Crippen molar-refractivity contribution in [3.63, 3.8) is 0 Å². The van der Waals surface area contributed by atoms with E-state index in [0.717, 1.165) is 25.3 Å². The minimum Gasteiger partial charge on any atom is -0.461 e. The predicted octanol–water partition coefficient (Wildman–Crippen LogP) is 2.23. The minimum absolute atomic E-state index is 0.0154. The van der Waals surface area contributed by atoms with Crippen LogP contribution in [0.2, 0.25) is 0 Å². The molecule has 1 amide bonds. The molecule has 0 aliphatic carbocycles. The van der Waals surface area contributed by atoms with Crippen LogP contribution >= 0.6 is 0 Å². The van der Waals surface area contributed by atoms with E-state index < -0.39 is 0 Å². The van der Waals surface area contributed by atoms with Crippen molar-refractivity contribution < 1.29 is 23.4 Å². The number of amides is 1. The number of hydrogen-bond donors (Lipinski definition) is 0. The molecule has 0 N–H and O–H groups in total. The van der Waals surface area contributed by atoms with Gasteiger partial charge in [-0.3, -0.25) is 14.5 Å². The highest BCUT2D eigenvalue weighted by molar-refractivity contribution is 5.97. The lowest BCUT2D eigenvalue weighted by molar-refractivity contribution is -0.142. The fraction of sp³-hybridized carbons (Fsp3) is 0.400. The molecule has 152 valence electrons. The first kappa shape index (κ1) is 19.1. The Morgan fingerprint density at radius 3 is 2.72 bits per heavy atom. The second-order valence-electron chi connectivity index (χ2n) is 7.04. The van der Waals surface area contributed by atoms with Crippen LogP contribution in [-0.2, 0) is 22.7 Å². The van der Waals surface area contributed by atoms with Gasteiger partial charge in [-0.25, -0.2) is 4.63 Å². The summed E-state index contributed by atoms with van der Waals surface area (Å²) in [5, 5.41) is 7.57. The van der Waals surface area contributed by atoms with Gasteiger partial charge in [0.15, 0.2) is 0 Å². The van der Waals surface area contributed by atoms with Crippen molar-refractivity contribution in [3.8, 4) is 0 Å². The van der Waals surface area contributed by atoms with E-state index in [9.17, 15) is 9.59 Å². The molecular weight excluding hydrogens is 376 g/mol. The van der Waals surface area contributed by atoms with Gasteiger partial charge in [0.2, 0.25) is 0 Å². The summed E-state index contributed by atoms with van der Waals surface area (Å²) in [5.41, 5.74) is 1.80. The van der Waals surface area contributed by atoms with Crippen LogP contribution in [0, 0.1) is 0 Å². The first-order valence-corrected chi connectivity index (χ1v) is 9.53. The molecule has 1 aromatic carbocycles. The normalized spacial score (nSPS) is 15.4. The summed E-state index contributed by atoms with van der Waals surface area (Å²) in [6.45, 7) is 5.11. The van der Waals surface area contributed by atoms with E-state index >= 15 is 0 Å². The van der Waals surface area contributed by atoms with E-state index in [2.05, 4.69) is 15.2 Å². The number of nitrogens with zero attached hydrogens (tertiary/aromatic N) is 4. The Morgan fingerprint density at radius 1 is 1.03 bits per heavy atom. The van der Waals surface area contributed by atoms with Crippen molar-refractivity contribution >= 4 is 22.9 Å². The maximum absolute atomic E-state index is 12.9. The first-order chi connectivity index (χ1) is 14.1. The van der Waals surface area contributed by atoms with Crippen LogP contribution in [0.25, 0.3) is 11.0 Å². The highest BCUT2D eigenvalue weighted by atomic mass is 16.6. The SMILES string of the molecule is CC(=O)OCc1ccc(CN2CCCN(C(=O)c3ccc4nonc4c3)CC2)o1. The van der Waals surface area contributed by atoms with Gasteiger partial charge in [-0.05, 0) is 47.1 Å². The number of rotatable bonds is 5. The molecule has 0 atom stereocenters. The molecular formula is C20H22N4O5. The maximum atomic E-state index is 12.9. The minimum atomic E-state index is -0.334. The molecule has 3 heterocycles. The zero-order valence-electron chi connectivity index (χ0n) is 16.2. The number of carbonyl (C=O) groups is 2. The van der Waals surface area contributed by atoms with Gasteiger partial charge < -0.3 is 14.1 Å².